The third-order valence-corrected chi connectivity index (χ3v) is 2.36. The molecule has 0 spiro atoms. The molecule has 0 saturated carbocycles. The number of rotatable bonds is 3. The van der Waals surface area contributed by atoms with Crippen molar-refractivity contribution < 1.29 is 17.6 Å². The van der Waals surface area contributed by atoms with Crippen molar-refractivity contribution in [1.29, 1.82) is 0 Å². The molecule has 0 heterocycles. The summed E-state index contributed by atoms with van der Waals surface area (Å²) in [5, 5.41) is 3.17. The van der Waals surface area contributed by atoms with Gasteiger partial charge in [-0.3, -0.25) is 0 Å². The average molecular weight is 275 g/mol. The third-order valence-electron chi connectivity index (χ3n) is 2.36. The second-order valence-corrected chi connectivity index (χ2v) is 5.27. The highest BCUT2D eigenvalue weighted by molar-refractivity contribution is 5.51. The normalized spacial score (nSPS) is 13.2. The van der Waals surface area contributed by atoms with Gasteiger partial charge in [-0.1, -0.05) is 18.2 Å². The summed E-state index contributed by atoms with van der Waals surface area (Å²) in [6.07, 6.45) is -1.43. The molecule has 1 nitrogen and oxygen atoms in total. The zero-order valence-corrected chi connectivity index (χ0v) is 11.1. The summed E-state index contributed by atoms with van der Waals surface area (Å²) in [5.74, 6) is -1.25. The number of nitrogens with one attached hydrogen (secondary N) is 1. The quantitative estimate of drug-likeness (QED) is 0.813. The van der Waals surface area contributed by atoms with Gasteiger partial charge in [0.2, 0.25) is 0 Å². The minimum absolute atomic E-state index is 0.0652. The van der Waals surface area contributed by atoms with E-state index >= 15 is 0 Å². The summed E-state index contributed by atoms with van der Waals surface area (Å²) in [6.45, 7) is 6.49. The Labute approximate surface area is 110 Å². The van der Waals surface area contributed by atoms with E-state index in [1.165, 1.54) is 12.1 Å². The lowest BCUT2D eigenvalue weighted by Crippen LogP contribution is -2.35. The van der Waals surface area contributed by atoms with Gasteiger partial charge in [-0.2, -0.15) is 13.2 Å². The second kappa shape index (κ2) is 5.74. The van der Waals surface area contributed by atoms with Crippen LogP contribution >= 0.6 is 0 Å². The van der Waals surface area contributed by atoms with Gasteiger partial charge in [-0.05, 0) is 38.5 Å². The summed E-state index contributed by atoms with van der Waals surface area (Å²) < 4.78 is 50.5. The van der Waals surface area contributed by atoms with Crippen LogP contribution in [0.15, 0.2) is 24.3 Å². The molecule has 0 aliphatic carbocycles. The molecule has 0 aliphatic rings. The molecule has 0 saturated heterocycles. The van der Waals surface area contributed by atoms with E-state index in [1.54, 1.807) is 6.08 Å². The molecule has 0 radical (unpaired) electrons. The van der Waals surface area contributed by atoms with E-state index in [9.17, 15) is 17.6 Å². The van der Waals surface area contributed by atoms with Gasteiger partial charge in [0.1, 0.15) is 5.82 Å². The van der Waals surface area contributed by atoms with Crippen LogP contribution in [0.2, 0.25) is 0 Å². The molecule has 0 atom stereocenters. The largest absolute Gasteiger partial charge is 0.419 e. The summed E-state index contributed by atoms with van der Waals surface area (Å²) in [6, 6.07) is 2.96. The Balaban J connectivity index is 2.78. The monoisotopic (exact) mass is 275 g/mol. The Bertz CT molecular complexity index is 455. The lowest BCUT2D eigenvalue weighted by atomic mass is 10.1. The number of benzene rings is 1. The number of halogens is 4. The van der Waals surface area contributed by atoms with Crippen molar-refractivity contribution in [3.05, 3.63) is 41.2 Å². The highest BCUT2D eigenvalue weighted by atomic mass is 19.4. The zero-order valence-electron chi connectivity index (χ0n) is 11.1. The van der Waals surface area contributed by atoms with Crippen LogP contribution in [-0.4, -0.2) is 12.1 Å². The summed E-state index contributed by atoms with van der Waals surface area (Å²) in [4.78, 5) is 0. The predicted molar refractivity (Wildman–Crippen MR) is 68.2 cm³/mol. The molecule has 106 valence electrons. The van der Waals surface area contributed by atoms with Crippen LogP contribution in [0, 0.1) is 5.82 Å². The van der Waals surface area contributed by atoms with Gasteiger partial charge in [-0.15, -0.1) is 0 Å². The third kappa shape index (κ3) is 5.42. The second-order valence-electron chi connectivity index (χ2n) is 5.27. The van der Waals surface area contributed by atoms with Gasteiger partial charge < -0.3 is 5.32 Å². The number of alkyl halides is 3. The maximum Gasteiger partial charge on any atom is 0.419 e. The van der Waals surface area contributed by atoms with E-state index in [4.69, 9.17) is 0 Å². The fourth-order valence-corrected chi connectivity index (χ4v) is 1.42. The van der Waals surface area contributed by atoms with Crippen molar-refractivity contribution in [2.75, 3.05) is 6.54 Å². The van der Waals surface area contributed by atoms with Crippen molar-refractivity contribution in [3.8, 4) is 0 Å². The van der Waals surface area contributed by atoms with Crippen LogP contribution < -0.4 is 5.32 Å². The van der Waals surface area contributed by atoms with Crippen LogP contribution in [0.4, 0.5) is 17.6 Å². The molecule has 0 amide bonds. The number of hydrogen-bond donors (Lipinski definition) is 1. The van der Waals surface area contributed by atoms with Crippen LogP contribution in [0.5, 0.6) is 0 Å². The van der Waals surface area contributed by atoms with Crippen molar-refractivity contribution in [2.45, 2.75) is 32.5 Å². The van der Waals surface area contributed by atoms with E-state index in [-0.39, 0.29) is 5.54 Å². The predicted octanol–water partition coefficient (Wildman–Crippen LogP) is 4.25. The Hall–Kier alpha value is -1.36. The van der Waals surface area contributed by atoms with Crippen molar-refractivity contribution in [3.63, 3.8) is 0 Å². The van der Waals surface area contributed by atoms with E-state index in [1.807, 2.05) is 20.8 Å². The molecule has 1 aromatic rings. The fraction of sp³-hybridized carbons (Fsp3) is 0.429. The summed E-state index contributed by atoms with van der Waals surface area (Å²) in [7, 11) is 0. The first kappa shape index (κ1) is 15.7. The lowest BCUT2D eigenvalue weighted by molar-refractivity contribution is -0.140. The van der Waals surface area contributed by atoms with Crippen molar-refractivity contribution >= 4 is 6.08 Å². The Morgan fingerprint density at radius 2 is 1.79 bits per heavy atom. The summed E-state index contributed by atoms with van der Waals surface area (Å²) in [5.41, 5.74) is -0.979. The zero-order chi connectivity index (χ0) is 14.7. The molecule has 0 aliphatic heterocycles. The standard InChI is InChI=1S/C14H17F4N/c1-13(2,3)19-8-4-5-10-6-7-12(15)11(9-10)14(16,17)18/h4-7,9,19H,8H2,1-3H3/b5-4+. The average Bonchev–Trinajstić information content (AvgIpc) is 2.23. The molecule has 0 unspecified atom stereocenters. The van der Waals surface area contributed by atoms with Crippen LogP contribution in [0.1, 0.15) is 31.9 Å². The first-order valence-electron chi connectivity index (χ1n) is 5.88. The van der Waals surface area contributed by atoms with Gasteiger partial charge >= 0.3 is 6.18 Å². The highest BCUT2D eigenvalue weighted by Crippen LogP contribution is 2.32. The molecule has 0 aromatic heterocycles. The summed E-state index contributed by atoms with van der Waals surface area (Å²) >= 11 is 0. The Morgan fingerprint density at radius 3 is 2.32 bits per heavy atom. The molecule has 0 fully saturated rings. The molecular weight excluding hydrogens is 258 g/mol. The van der Waals surface area contributed by atoms with Gasteiger partial charge in [0.15, 0.2) is 0 Å². The molecule has 1 rings (SSSR count). The highest BCUT2D eigenvalue weighted by Gasteiger charge is 2.33. The van der Waals surface area contributed by atoms with E-state index in [0.717, 1.165) is 12.1 Å². The maximum atomic E-state index is 13.1. The van der Waals surface area contributed by atoms with Gasteiger partial charge in [0.05, 0.1) is 5.56 Å². The first-order chi connectivity index (χ1) is 8.59. The fourth-order valence-electron chi connectivity index (χ4n) is 1.42. The molecule has 1 N–H and O–H groups in total. The topological polar surface area (TPSA) is 12.0 Å². The smallest absolute Gasteiger partial charge is 0.309 e. The molecular formula is C14H17F4N. The SMILES string of the molecule is CC(C)(C)NC/C=C/c1ccc(F)c(C(F)(F)F)c1. The van der Waals surface area contributed by atoms with E-state index < -0.39 is 17.6 Å². The van der Waals surface area contributed by atoms with Crippen LogP contribution in [-0.2, 0) is 6.18 Å². The van der Waals surface area contributed by atoms with Crippen LogP contribution in [0.3, 0.4) is 0 Å². The number of hydrogen-bond acceptors (Lipinski definition) is 1. The molecule has 19 heavy (non-hydrogen) atoms. The minimum Gasteiger partial charge on any atom is -0.309 e. The van der Waals surface area contributed by atoms with Gasteiger partial charge in [-0.25, -0.2) is 4.39 Å². The van der Waals surface area contributed by atoms with Gasteiger partial charge in [0, 0.05) is 12.1 Å². The molecule has 1 aromatic carbocycles. The van der Waals surface area contributed by atoms with E-state index in [0.29, 0.717) is 12.1 Å². The van der Waals surface area contributed by atoms with Gasteiger partial charge in [0.25, 0.3) is 0 Å². The van der Waals surface area contributed by atoms with Crippen molar-refractivity contribution in [2.24, 2.45) is 0 Å². The Morgan fingerprint density at radius 1 is 1.16 bits per heavy atom. The Kier molecular flexibility index (Phi) is 4.74. The van der Waals surface area contributed by atoms with Crippen molar-refractivity contribution in [1.82, 2.24) is 5.32 Å². The van der Waals surface area contributed by atoms with Crippen LogP contribution in [0.25, 0.3) is 6.08 Å². The minimum atomic E-state index is -4.67. The maximum absolute atomic E-state index is 13.1. The molecule has 0 bridgehead atoms. The van der Waals surface area contributed by atoms with E-state index in [2.05, 4.69) is 5.32 Å². The lowest BCUT2D eigenvalue weighted by Gasteiger charge is -2.18. The first-order valence-corrected chi connectivity index (χ1v) is 5.88. The molecule has 5 heteroatoms.